The van der Waals surface area contributed by atoms with E-state index in [4.69, 9.17) is 0 Å². The highest BCUT2D eigenvalue weighted by atomic mass is 19.1. The van der Waals surface area contributed by atoms with E-state index in [1.807, 2.05) is 18.2 Å². The molecule has 0 fully saturated rings. The molecule has 0 atom stereocenters. The van der Waals surface area contributed by atoms with Crippen LogP contribution in [0.4, 0.5) is 20.4 Å². The van der Waals surface area contributed by atoms with E-state index in [1.54, 1.807) is 12.2 Å². The van der Waals surface area contributed by atoms with Gasteiger partial charge in [-0.3, -0.25) is 0 Å². The van der Waals surface area contributed by atoms with E-state index in [1.165, 1.54) is 6.21 Å². The first-order chi connectivity index (χ1) is 10.6. The van der Waals surface area contributed by atoms with Crippen molar-refractivity contribution in [2.75, 3.05) is 0 Å². The molecule has 118 valence electrons. The third-order valence-corrected chi connectivity index (χ3v) is 2.85. The van der Waals surface area contributed by atoms with Crippen LogP contribution in [0.5, 0.6) is 0 Å². The topological polar surface area (TPSA) is 37.6 Å². The summed E-state index contributed by atoms with van der Waals surface area (Å²) in [4.78, 5) is 11.0. The van der Waals surface area contributed by atoms with Crippen LogP contribution in [0.1, 0.15) is 24.1 Å². The zero-order valence-electron chi connectivity index (χ0n) is 11.8. The molecule has 1 aromatic carbocycles. The third-order valence-electron chi connectivity index (χ3n) is 2.85. The molecular formula is C18H17F2N3. The Bertz CT molecular complexity index is 754. The van der Waals surface area contributed by atoms with Crippen LogP contribution in [0.15, 0.2) is 47.4 Å². The minimum atomic E-state index is -0.881. The second-order valence-electron chi connectivity index (χ2n) is 4.36. The molecular weight excluding hydrogens is 296 g/mol. The summed E-state index contributed by atoms with van der Waals surface area (Å²) in [5.41, 5.74) is 2.46. The standard InChI is InChI=1S/C17H13F2N3.CH4/c1-4-11-6-12(5-2)8-13(7-11)10-21-17-15(19)9-14(18)16(20-3)22-17;/h4-10H,1-3H2;1H4. The van der Waals surface area contributed by atoms with Gasteiger partial charge in [-0.1, -0.05) is 32.7 Å². The van der Waals surface area contributed by atoms with Crippen molar-refractivity contribution in [3.8, 4) is 0 Å². The van der Waals surface area contributed by atoms with Crippen LogP contribution in [0.25, 0.3) is 12.2 Å². The van der Waals surface area contributed by atoms with Crippen molar-refractivity contribution in [3.63, 3.8) is 0 Å². The Morgan fingerprint density at radius 3 is 1.91 bits per heavy atom. The summed E-state index contributed by atoms with van der Waals surface area (Å²) in [6.45, 7) is 10.6. The molecule has 2 aromatic rings. The highest BCUT2D eigenvalue weighted by Crippen LogP contribution is 2.23. The Hall–Kier alpha value is -2.95. The summed E-state index contributed by atoms with van der Waals surface area (Å²) in [5.74, 6) is -2.30. The smallest absolute Gasteiger partial charge is 0.190 e. The maximum Gasteiger partial charge on any atom is 0.190 e. The summed E-state index contributed by atoms with van der Waals surface area (Å²) in [6, 6.07) is 6.21. The highest BCUT2D eigenvalue weighted by Gasteiger charge is 2.09. The van der Waals surface area contributed by atoms with Crippen molar-refractivity contribution in [1.82, 2.24) is 4.98 Å². The van der Waals surface area contributed by atoms with Crippen molar-refractivity contribution in [2.24, 2.45) is 9.98 Å². The van der Waals surface area contributed by atoms with Crippen LogP contribution in [0.3, 0.4) is 0 Å². The second-order valence-corrected chi connectivity index (χ2v) is 4.36. The van der Waals surface area contributed by atoms with Gasteiger partial charge in [0.15, 0.2) is 23.3 Å². The average molecular weight is 313 g/mol. The normalized spacial score (nSPS) is 10.2. The van der Waals surface area contributed by atoms with Crippen LogP contribution >= 0.6 is 0 Å². The summed E-state index contributed by atoms with van der Waals surface area (Å²) in [5, 5.41) is 0. The quantitative estimate of drug-likeness (QED) is 0.684. The molecule has 0 aliphatic carbocycles. The Balaban J connectivity index is 0.00000264. The van der Waals surface area contributed by atoms with Crippen molar-refractivity contribution >= 4 is 36.7 Å². The summed E-state index contributed by atoms with van der Waals surface area (Å²) in [7, 11) is 0. The average Bonchev–Trinajstić information content (AvgIpc) is 2.53. The van der Waals surface area contributed by atoms with E-state index < -0.39 is 11.6 Å². The number of benzene rings is 1. The molecule has 0 saturated carbocycles. The predicted octanol–water partition coefficient (Wildman–Crippen LogP) is 5.36. The second kappa shape index (κ2) is 7.89. The molecule has 0 saturated heterocycles. The van der Waals surface area contributed by atoms with Crippen molar-refractivity contribution in [2.45, 2.75) is 7.43 Å². The number of aliphatic imine (C=N–C) groups is 2. The fourth-order valence-corrected chi connectivity index (χ4v) is 1.80. The molecule has 2 rings (SSSR count). The summed E-state index contributed by atoms with van der Waals surface area (Å²) >= 11 is 0. The lowest BCUT2D eigenvalue weighted by Crippen LogP contribution is -1.89. The van der Waals surface area contributed by atoms with Crippen molar-refractivity contribution in [1.29, 1.82) is 0 Å². The first kappa shape index (κ1) is 18.1. The lowest BCUT2D eigenvalue weighted by molar-refractivity contribution is 0.577. The van der Waals surface area contributed by atoms with Crippen molar-refractivity contribution in [3.05, 3.63) is 65.7 Å². The number of hydrogen-bond donors (Lipinski definition) is 0. The van der Waals surface area contributed by atoms with Crippen LogP contribution in [-0.2, 0) is 0 Å². The van der Waals surface area contributed by atoms with Crippen LogP contribution < -0.4 is 0 Å². The monoisotopic (exact) mass is 313 g/mol. The van der Waals surface area contributed by atoms with E-state index in [2.05, 4.69) is 34.8 Å². The Morgan fingerprint density at radius 2 is 1.39 bits per heavy atom. The molecule has 5 heteroatoms. The van der Waals surface area contributed by atoms with Gasteiger partial charge in [0.05, 0.1) is 0 Å². The van der Waals surface area contributed by atoms with Gasteiger partial charge in [-0.2, -0.15) is 0 Å². The molecule has 0 unspecified atom stereocenters. The van der Waals surface area contributed by atoms with Crippen LogP contribution in [0.2, 0.25) is 0 Å². The molecule has 0 radical (unpaired) electrons. The Labute approximate surface area is 134 Å². The highest BCUT2D eigenvalue weighted by molar-refractivity contribution is 5.84. The van der Waals surface area contributed by atoms with Gasteiger partial charge < -0.3 is 0 Å². The van der Waals surface area contributed by atoms with E-state index in [9.17, 15) is 8.78 Å². The fraction of sp³-hybridized carbons (Fsp3) is 0.0556. The maximum absolute atomic E-state index is 13.6. The molecule has 3 nitrogen and oxygen atoms in total. The first-order valence-electron chi connectivity index (χ1n) is 6.34. The third kappa shape index (κ3) is 4.26. The lowest BCUT2D eigenvalue weighted by atomic mass is 10.1. The zero-order chi connectivity index (χ0) is 16.1. The predicted molar refractivity (Wildman–Crippen MR) is 94.0 cm³/mol. The van der Waals surface area contributed by atoms with E-state index in [0.717, 1.165) is 11.1 Å². The minimum absolute atomic E-state index is 0. The Morgan fingerprint density at radius 1 is 0.870 bits per heavy atom. The Kier molecular flexibility index (Phi) is 6.21. The van der Waals surface area contributed by atoms with Crippen LogP contribution in [0, 0.1) is 11.6 Å². The van der Waals surface area contributed by atoms with Gasteiger partial charge in [-0.15, -0.1) is 0 Å². The SMILES string of the molecule is C.C=Cc1cc(C=C)cc(C=Nc2nc(N=C)c(F)cc2F)c1. The molecule has 1 heterocycles. The molecule has 0 aliphatic rings. The lowest BCUT2D eigenvalue weighted by Gasteiger charge is -2.02. The summed E-state index contributed by atoms with van der Waals surface area (Å²) in [6.07, 6.45) is 4.79. The molecule has 1 aromatic heterocycles. The van der Waals surface area contributed by atoms with E-state index >= 15 is 0 Å². The van der Waals surface area contributed by atoms with Gasteiger partial charge in [0.2, 0.25) is 0 Å². The van der Waals surface area contributed by atoms with Gasteiger partial charge in [0.25, 0.3) is 0 Å². The van der Waals surface area contributed by atoms with Gasteiger partial charge in [-0.05, 0) is 41.6 Å². The van der Waals surface area contributed by atoms with Crippen molar-refractivity contribution < 1.29 is 8.78 Å². The fourth-order valence-electron chi connectivity index (χ4n) is 1.80. The largest absolute Gasteiger partial charge is 0.242 e. The minimum Gasteiger partial charge on any atom is -0.242 e. The number of rotatable bonds is 5. The molecule has 0 amide bonds. The molecule has 23 heavy (non-hydrogen) atoms. The van der Waals surface area contributed by atoms with Crippen LogP contribution in [-0.4, -0.2) is 17.9 Å². The van der Waals surface area contributed by atoms with Gasteiger partial charge in [0.1, 0.15) is 0 Å². The number of pyridine rings is 1. The maximum atomic E-state index is 13.6. The number of aromatic nitrogens is 1. The molecule has 0 aliphatic heterocycles. The van der Waals surface area contributed by atoms with Gasteiger partial charge in [0, 0.05) is 12.3 Å². The number of nitrogens with zero attached hydrogens (tertiary/aromatic N) is 3. The number of hydrogen-bond acceptors (Lipinski definition) is 3. The zero-order valence-corrected chi connectivity index (χ0v) is 11.8. The molecule has 0 N–H and O–H groups in total. The van der Waals surface area contributed by atoms with Gasteiger partial charge >= 0.3 is 0 Å². The molecule has 0 bridgehead atoms. The van der Waals surface area contributed by atoms with E-state index in [0.29, 0.717) is 11.6 Å². The number of halogens is 2. The molecule has 0 spiro atoms. The summed E-state index contributed by atoms with van der Waals surface area (Å²) < 4.78 is 26.9. The van der Waals surface area contributed by atoms with E-state index in [-0.39, 0.29) is 19.1 Å². The van der Waals surface area contributed by atoms with Gasteiger partial charge in [-0.25, -0.2) is 23.7 Å². The first-order valence-corrected chi connectivity index (χ1v) is 6.34.